The van der Waals surface area contributed by atoms with Crippen LogP contribution in [-0.2, 0) is 9.59 Å². The van der Waals surface area contributed by atoms with Crippen molar-refractivity contribution >= 4 is 23.2 Å². The van der Waals surface area contributed by atoms with Crippen LogP contribution >= 0.6 is 11.3 Å². The molecular formula is C19H29N3O2S. The first-order valence-corrected chi connectivity index (χ1v) is 10.4. The van der Waals surface area contributed by atoms with Crippen molar-refractivity contribution in [2.45, 2.75) is 51.0 Å². The van der Waals surface area contributed by atoms with Gasteiger partial charge in [0.15, 0.2) is 0 Å². The van der Waals surface area contributed by atoms with E-state index >= 15 is 0 Å². The second-order valence-corrected chi connectivity index (χ2v) is 8.11. The molecule has 0 radical (unpaired) electrons. The normalized spacial score (nSPS) is 20.3. The molecular weight excluding hydrogens is 334 g/mol. The van der Waals surface area contributed by atoms with Gasteiger partial charge in [0.25, 0.3) is 0 Å². The molecule has 0 aromatic carbocycles. The van der Waals surface area contributed by atoms with E-state index < -0.39 is 0 Å². The molecule has 1 saturated carbocycles. The Labute approximate surface area is 154 Å². The Hall–Kier alpha value is -1.40. The van der Waals surface area contributed by atoms with E-state index in [0.717, 1.165) is 38.8 Å². The maximum Gasteiger partial charge on any atom is 0.239 e. The van der Waals surface area contributed by atoms with Gasteiger partial charge in [0, 0.05) is 17.3 Å². The Morgan fingerprint density at radius 3 is 2.56 bits per heavy atom. The minimum absolute atomic E-state index is 0.0456. The highest BCUT2D eigenvalue weighted by Gasteiger charge is 2.25. The number of nitrogens with one attached hydrogen (secondary N) is 2. The van der Waals surface area contributed by atoms with Crippen LogP contribution in [0.4, 0.5) is 0 Å². The topological polar surface area (TPSA) is 61.4 Å². The fraction of sp³-hybridized carbons (Fsp3) is 0.684. The highest BCUT2D eigenvalue weighted by Crippen LogP contribution is 2.27. The highest BCUT2D eigenvalue weighted by atomic mass is 32.1. The molecule has 1 atom stereocenters. The highest BCUT2D eigenvalue weighted by molar-refractivity contribution is 7.10. The third-order valence-electron chi connectivity index (χ3n) is 5.34. The molecule has 1 aliphatic heterocycles. The third-order valence-corrected chi connectivity index (χ3v) is 6.32. The van der Waals surface area contributed by atoms with Gasteiger partial charge in [-0.25, -0.2) is 0 Å². The lowest BCUT2D eigenvalue weighted by Gasteiger charge is -2.27. The van der Waals surface area contributed by atoms with Gasteiger partial charge >= 0.3 is 0 Å². The zero-order valence-electron chi connectivity index (χ0n) is 14.8. The van der Waals surface area contributed by atoms with Crippen LogP contribution in [0, 0.1) is 5.92 Å². The van der Waals surface area contributed by atoms with Crippen LogP contribution in [0.1, 0.15) is 55.9 Å². The number of amides is 2. The lowest BCUT2D eigenvalue weighted by molar-refractivity contribution is -0.129. The van der Waals surface area contributed by atoms with Crippen molar-refractivity contribution in [2.75, 3.05) is 26.2 Å². The second-order valence-electron chi connectivity index (χ2n) is 7.13. The Balaban J connectivity index is 1.44. The summed E-state index contributed by atoms with van der Waals surface area (Å²) in [5, 5.41) is 7.92. The minimum atomic E-state index is -0.0927. The van der Waals surface area contributed by atoms with Gasteiger partial charge in [-0.3, -0.25) is 14.5 Å². The molecule has 0 bridgehead atoms. The monoisotopic (exact) mass is 363 g/mol. The van der Waals surface area contributed by atoms with Gasteiger partial charge in [0.05, 0.1) is 12.6 Å². The molecule has 138 valence electrons. The third kappa shape index (κ3) is 5.28. The van der Waals surface area contributed by atoms with Gasteiger partial charge in [-0.15, -0.1) is 11.3 Å². The molecule has 1 aromatic rings. The molecule has 2 aliphatic rings. The molecule has 6 heteroatoms. The van der Waals surface area contributed by atoms with Gasteiger partial charge in [-0.2, -0.15) is 0 Å². The molecule has 1 aromatic heterocycles. The average Bonchev–Trinajstić information content (AvgIpc) is 3.35. The van der Waals surface area contributed by atoms with Crippen LogP contribution in [0.5, 0.6) is 0 Å². The lowest BCUT2D eigenvalue weighted by Crippen LogP contribution is -2.43. The number of nitrogens with zero attached hydrogens (tertiary/aromatic N) is 1. The molecule has 0 spiro atoms. The van der Waals surface area contributed by atoms with Gasteiger partial charge < -0.3 is 10.6 Å². The Morgan fingerprint density at radius 2 is 1.88 bits per heavy atom. The van der Waals surface area contributed by atoms with Gasteiger partial charge in [-0.05, 0) is 50.2 Å². The molecule has 1 unspecified atom stereocenters. The molecule has 1 aliphatic carbocycles. The number of likely N-dealkylation sites (tertiary alicyclic amines) is 1. The fourth-order valence-electron chi connectivity index (χ4n) is 3.89. The summed E-state index contributed by atoms with van der Waals surface area (Å²) in [6.07, 6.45) is 7.86. The smallest absolute Gasteiger partial charge is 0.239 e. The molecule has 25 heavy (non-hydrogen) atoms. The van der Waals surface area contributed by atoms with Crippen LogP contribution in [0.15, 0.2) is 17.5 Å². The molecule has 3 rings (SSSR count). The summed E-state index contributed by atoms with van der Waals surface area (Å²) in [5.41, 5.74) is 0. The van der Waals surface area contributed by atoms with Gasteiger partial charge in [0.1, 0.15) is 0 Å². The fourth-order valence-corrected chi connectivity index (χ4v) is 4.75. The Bertz CT molecular complexity index is 549. The van der Waals surface area contributed by atoms with E-state index in [1.165, 1.54) is 24.1 Å². The summed E-state index contributed by atoms with van der Waals surface area (Å²) in [5.74, 6) is 0.0547. The Morgan fingerprint density at radius 1 is 1.12 bits per heavy atom. The van der Waals surface area contributed by atoms with Gasteiger partial charge in [0.2, 0.25) is 11.8 Å². The minimum Gasteiger partial charge on any atom is -0.353 e. The quantitative estimate of drug-likeness (QED) is 0.783. The maximum absolute atomic E-state index is 12.2. The van der Waals surface area contributed by atoms with E-state index in [1.807, 2.05) is 0 Å². The van der Waals surface area contributed by atoms with Crippen LogP contribution in [0.2, 0.25) is 0 Å². The van der Waals surface area contributed by atoms with Crippen LogP contribution in [0.25, 0.3) is 0 Å². The first-order chi connectivity index (χ1) is 12.2. The largest absolute Gasteiger partial charge is 0.353 e. The summed E-state index contributed by atoms with van der Waals surface area (Å²) in [7, 11) is 0. The number of carbonyl (C=O) groups is 2. The average molecular weight is 364 g/mol. The molecule has 2 fully saturated rings. The number of carbonyl (C=O) groups excluding carboxylic acids is 2. The SMILES string of the molecule is O=C(CNC(=O)C1CCCCC1)NCC(c1cccs1)N1CCCC1. The van der Waals surface area contributed by atoms with E-state index in [1.54, 1.807) is 11.3 Å². The van der Waals surface area contributed by atoms with E-state index in [0.29, 0.717) is 6.54 Å². The van der Waals surface area contributed by atoms with E-state index in [2.05, 4.69) is 33.0 Å². The van der Waals surface area contributed by atoms with Gasteiger partial charge in [-0.1, -0.05) is 25.3 Å². The summed E-state index contributed by atoms with van der Waals surface area (Å²) in [4.78, 5) is 28.1. The number of hydrogen-bond donors (Lipinski definition) is 2. The van der Waals surface area contributed by atoms with E-state index in [9.17, 15) is 9.59 Å². The summed E-state index contributed by atoms with van der Waals surface area (Å²) < 4.78 is 0. The number of thiophene rings is 1. The molecule has 5 nitrogen and oxygen atoms in total. The van der Waals surface area contributed by atoms with Crippen LogP contribution in [0.3, 0.4) is 0 Å². The molecule has 2 N–H and O–H groups in total. The first kappa shape index (κ1) is 18.4. The van der Waals surface area contributed by atoms with E-state index in [4.69, 9.17) is 0 Å². The predicted molar refractivity (Wildman–Crippen MR) is 100 cm³/mol. The summed E-state index contributed by atoms with van der Waals surface area (Å²) >= 11 is 1.74. The Kier molecular flexibility index (Phi) is 6.87. The van der Waals surface area contributed by atoms with Crippen LogP contribution in [-0.4, -0.2) is 42.9 Å². The summed E-state index contributed by atoms with van der Waals surface area (Å²) in [6.45, 7) is 2.89. The second kappa shape index (κ2) is 9.34. The van der Waals surface area contributed by atoms with Crippen LogP contribution < -0.4 is 10.6 Å². The van der Waals surface area contributed by atoms with Crippen molar-refractivity contribution in [2.24, 2.45) is 5.92 Å². The summed E-state index contributed by atoms with van der Waals surface area (Å²) in [6, 6.07) is 4.46. The standard InChI is InChI=1S/C19H29N3O2S/c23-18(14-21-19(24)15-7-2-1-3-8-15)20-13-16(17-9-6-12-25-17)22-10-4-5-11-22/h6,9,12,15-16H,1-5,7-8,10-11,13-14H2,(H,20,23)(H,21,24). The van der Waals surface area contributed by atoms with Crippen molar-refractivity contribution in [3.8, 4) is 0 Å². The number of rotatable bonds is 7. The predicted octanol–water partition coefficient (Wildman–Crippen LogP) is 2.70. The van der Waals surface area contributed by atoms with E-state index in [-0.39, 0.29) is 30.3 Å². The molecule has 2 amide bonds. The number of hydrogen-bond acceptors (Lipinski definition) is 4. The van der Waals surface area contributed by atoms with Crippen molar-refractivity contribution in [3.63, 3.8) is 0 Å². The lowest BCUT2D eigenvalue weighted by atomic mass is 9.89. The zero-order valence-corrected chi connectivity index (χ0v) is 15.7. The maximum atomic E-state index is 12.2. The van der Waals surface area contributed by atoms with Crippen molar-refractivity contribution in [3.05, 3.63) is 22.4 Å². The van der Waals surface area contributed by atoms with Crippen molar-refractivity contribution in [1.82, 2.24) is 15.5 Å². The first-order valence-electron chi connectivity index (χ1n) is 9.56. The zero-order chi connectivity index (χ0) is 17.5. The van der Waals surface area contributed by atoms with Crippen molar-refractivity contribution < 1.29 is 9.59 Å². The van der Waals surface area contributed by atoms with Crippen molar-refractivity contribution in [1.29, 1.82) is 0 Å². The molecule has 1 saturated heterocycles. The molecule has 2 heterocycles.